The maximum atomic E-state index is 12.6. The highest BCUT2D eigenvalue weighted by Gasteiger charge is 2.35. The van der Waals surface area contributed by atoms with Crippen LogP contribution >= 0.6 is 0 Å². The smallest absolute Gasteiger partial charge is 0.306 e. The van der Waals surface area contributed by atoms with Crippen molar-refractivity contribution in [3.8, 4) is 0 Å². The number of rotatable bonds is 5. The van der Waals surface area contributed by atoms with E-state index in [2.05, 4.69) is 0 Å². The predicted molar refractivity (Wildman–Crippen MR) is 80.6 cm³/mol. The van der Waals surface area contributed by atoms with Crippen molar-refractivity contribution in [3.05, 3.63) is 30.3 Å². The van der Waals surface area contributed by atoms with Crippen LogP contribution in [0.3, 0.4) is 0 Å². The zero-order chi connectivity index (χ0) is 16.2. The topological polar surface area (TPSA) is 83.9 Å². The number of aliphatic hydroxyl groups is 1. The molecule has 1 aromatic carbocycles. The minimum absolute atomic E-state index is 0.0236. The summed E-state index contributed by atoms with van der Waals surface area (Å²) in [7, 11) is -3.60. The Balaban J connectivity index is 2.11. The van der Waals surface area contributed by atoms with E-state index in [4.69, 9.17) is 4.74 Å². The van der Waals surface area contributed by atoms with Gasteiger partial charge in [-0.3, -0.25) is 4.79 Å². The molecule has 1 fully saturated rings. The van der Waals surface area contributed by atoms with Crippen molar-refractivity contribution in [3.63, 3.8) is 0 Å². The zero-order valence-corrected chi connectivity index (χ0v) is 13.3. The number of hydrogen-bond acceptors (Lipinski definition) is 5. The molecular formula is C15H21NO5S. The lowest BCUT2D eigenvalue weighted by Crippen LogP contribution is -2.46. The normalized spacial score (nSPS) is 23.2. The van der Waals surface area contributed by atoms with Crippen LogP contribution in [0, 0.1) is 5.92 Å². The molecule has 0 unspecified atom stereocenters. The fourth-order valence-corrected chi connectivity index (χ4v) is 4.11. The first-order chi connectivity index (χ1) is 10.4. The summed E-state index contributed by atoms with van der Waals surface area (Å²) in [5.74, 6) is -0.850. The van der Waals surface area contributed by atoms with Gasteiger partial charge in [-0.25, -0.2) is 8.42 Å². The maximum Gasteiger partial charge on any atom is 0.306 e. The van der Waals surface area contributed by atoms with Crippen molar-refractivity contribution in [2.45, 2.75) is 30.8 Å². The van der Waals surface area contributed by atoms with Crippen LogP contribution in [0.2, 0.25) is 0 Å². The van der Waals surface area contributed by atoms with Gasteiger partial charge in [0.15, 0.2) is 0 Å². The van der Waals surface area contributed by atoms with Crippen LogP contribution in [0.1, 0.15) is 19.8 Å². The van der Waals surface area contributed by atoms with E-state index in [9.17, 15) is 18.3 Å². The molecule has 1 saturated heterocycles. The van der Waals surface area contributed by atoms with Gasteiger partial charge in [-0.05, 0) is 25.5 Å². The number of hydrogen-bond donors (Lipinski definition) is 1. The van der Waals surface area contributed by atoms with Crippen LogP contribution in [0.25, 0.3) is 0 Å². The van der Waals surface area contributed by atoms with Gasteiger partial charge in [0.2, 0.25) is 10.0 Å². The molecule has 0 amide bonds. The second-order valence-corrected chi connectivity index (χ2v) is 7.24. The van der Waals surface area contributed by atoms with Gasteiger partial charge in [0.1, 0.15) is 0 Å². The first-order valence-electron chi connectivity index (χ1n) is 7.34. The summed E-state index contributed by atoms with van der Waals surface area (Å²) in [4.78, 5) is 11.8. The monoisotopic (exact) mass is 327 g/mol. The van der Waals surface area contributed by atoms with E-state index >= 15 is 0 Å². The van der Waals surface area contributed by atoms with Gasteiger partial charge in [-0.2, -0.15) is 4.31 Å². The SMILES string of the molecule is CCOC(=O)C[C@@H]1CN(S(=O)(=O)c2ccccc2)CC[C@H]1O. The molecule has 7 heteroatoms. The molecule has 22 heavy (non-hydrogen) atoms. The van der Waals surface area contributed by atoms with Crippen molar-refractivity contribution in [2.24, 2.45) is 5.92 Å². The van der Waals surface area contributed by atoms with Gasteiger partial charge < -0.3 is 9.84 Å². The van der Waals surface area contributed by atoms with E-state index in [0.29, 0.717) is 6.42 Å². The molecule has 6 nitrogen and oxygen atoms in total. The molecule has 122 valence electrons. The average molecular weight is 327 g/mol. The van der Waals surface area contributed by atoms with E-state index in [1.807, 2.05) is 0 Å². The van der Waals surface area contributed by atoms with Gasteiger partial charge in [0.25, 0.3) is 0 Å². The van der Waals surface area contributed by atoms with Crippen molar-refractivity contribution < 1.29 is 23.1 Å². The Bertz CT molecular complexity index is 602. The van der Waals surface area contributed by atoms with E-state index in [1.165, 1.54) is 4.31 Å². The highest BCUT2D eigenvalue weighted by molar-refractivity contribution is 7.89. The minimum Gasteiger partial charge on any atom is -0.466 e. The fraction of sp³-hybridized carbons (Fsp3) is 0.533. The standard InChI is InChI=1S/C15H21NO5S/c1-2-21-15(18)10-12-11-16(9-8-14(12)17)22(19,20)13-6-4-3-5-7-13/h3-7,12,14,17H,2,8-11H2,1H3/t12-,14-/m1/s1. The molecule has 1 heterocycles. The molecule has 0 radical (unpaired) electrons. The van der Waals surface area contributed by atoms with Gasteiger partial charge in [-0.1, -0.05) is 18.2 Å². The lowest BCUT2D eigenvalue weighted by atomic mass is 9.93. The molecule has 0 aliphatic carbocycles. The molecule has 0 spiro atoms. The number of ether oxygens (including phenoxy) is 1. The van der Waals surface area contributed by atoms with Crippen LogP contribution < -0.4 is 0 Å². The first-order valence-corrected chi connectivity index (χ1v) is 8.78. The van der Waals surface area contributed by atoms with Crippen molar-refractivity contribution in [1.29, 1.82) is 0 Å². The number of carbonyl (C=O) groups excluding carboxylic acids is 1. The number of sulfonamides is 1. The maximum absolute atomic E-state index is 12.6. The Morgan fingerprint density at radius 2 is 2.05 bits per heavy atom. The number of nitrogens with zero attached hydrogens (tertiary/aromatic N) is 1. The third-order valence-electron chi connectivity index (χ3n) is 3.77. The summed E-state index contributed by atoms with van der Waals surface area (Å²) in [5.41, 5.74) is 0. The first kappa shape index (κ1) is 16.9. The highest BCUT2D eigenvalue weighted by Crippen LogP contribution is 2.26. The lowest BCUT2D eigenvalue weighted by molar-refractivity contribution is -0.145. The summed E-state index contributed by atoms with van der Waals surface area (Å²) in [6.07, 6.45) is -0.349. The van der Waals surface area contributed by atoms with Crippen molar-refractivity contribution >= 4 is 16.0 Å². The summed E-state index contributed by atoms with van der Waals surface area (Å²) in [6.45, 7) is 2.35. The third-order valence-corrected chi connectivity index (χ3v) is 5.65. The summed E-state index contributed by atoms with van der Waals surface area (Å²) in [5, 5.41) is 10.0. The quantitative estimate of drug-likeness (QED) is 0.816. The molecule has 1 aromatic rings. The average Bonchev–Trinajstić information content (AvgIpc) is 2.50. The molecule has 1 aliphatic heterocycles. The van der Waals surface area contributed by atoms with Gasteiger partial charge in [0, 0.05) is 19.0 Å². The number of piperidine rings is 1. The number of carbonyl (C=O) groups is 1. The molecule has 1 N–H and O–H groups in total. The van der Waals surface area contributed by atoms with E-state index in [1.54, 1.807) is 37.3 Å². The molecule has 0 saturated carbocycles. The van der Waals surface area contributed by atoms with Crippen LogP contribution in [-0.2, 0) is 19.6 Å². The van der Waals surface area contributed by atoms with Crippen molar-refractivity contribution in [2.75, 3.05) is 19.7 Å². The van der Waals surface area contributed by atoms with E-state index in [-0.39, 0.29) is 31.0 Å². The van der Waals surface area contributed by atoms with Gasteiger partial charge >= 0.3 is 5.97 Å². The second kappa shape index (κ2) is 7.21. The largest absolute Gasteiger partial charge is 0.466 e. The predicted octanol–water partition coefficient (Wildman–Crippen LogP) is 1.01. The van der Waals surface area contributed by atoms with Crippen LogP contribution in [0.5, 0.6) is 0 Å². The molecule has 2 atom stereocenters. The third kappa shape index (κ3) is 3.85. The number of aliphatic hydroxyl groups excluding tert-OH is 1. The minimum atomic E-state index is -3.60. The van der Waals surface area contributed by atoms with Crippen LogP contribution in [0.15, 0.2) is 35.2 Å². The Labute approximate surface area is 130 Å². The Hall–Kier alpha value is -1.44. The number of benzene rings is 1. The van der Waals surface area contributed by atoms with Gasteiger partial charge in [0.05, 0.1) is 24.0 Å². The molecule has 0 bridgehead atoms. The summed E-state index contributed by atoms with van der Waals surface area (Å²) < 4.78 is 31.4. The Kier molecular flexibility index (Phi) is 5.55. The molecule has 1 aliphatic rings. The lowest BCUT2D eigenvalue weighted by Gasteiger charge is -2.34. The fourth-order valence-electron chi connectivity index (χ4n) is 2.58. The van der Waals surface area contributed by atoms with Crippen LogP contribution in [0.4, 0.5) is 0 Å². The Morgan fingerprint density at radius 1 is 1.36 bits per heavy atom. The number of esters is 1. The van der Waals surface area contributed by atoms with E-state index < -0.39 is 28.0 Å². The zero-order valence-electron chi connectivity index (χ0n) is 12.5. The highest BCUT2D eigenvalue weighted by atomic mass is 32.2. The van der Waals surface area contributed by atoms with Crippen molar-refractivity contribution in [1.82, 2.24) is 4.31 Å². The second-order valence-electron chi connectivity index (χ2n) is 5.30. The van der Waals surface area contributed by atoms with Crippen LogP contribution in [-0.4, -0.2) is 49.6 Å². The molecular weight excluding hydrogens is 306 g/mol. The molecule has 0 aromatic heterocycles. The van der Waals surface area contributed by atoms with E-state index in [0.717, 1.165) is 0 Å². The summed E-state index contributed by atoms with van der Waals surface area (Å²) in [6, 6.07) is 8.17. The summed E-state index contributed by atoms with van der Waals surface area (Å²) >= 11 is 0. The molecule has 2 rings (SSSR count). The Morgan fingerprint density at radius 3 is 2.68 bits per heavy atom. The van der Waals surface area contributed by atoms with Gasteiger partial charge in [-0.15, -0.1) is 0 Å².